The fraction of sp³-hybridized carbons (Fsp3) is 0.222. The Bertz CT molecular complexity index is 623. The highest BCUT2D eigenvalue weighted by molar-refractivity contribution is 5.28. The minimum Gasteiger partial charge on any atom is -0.363 e. The summed E-state index contributed by atoms with van der Waals surface area (Å²) in [5, 5.41) is 19.0. The van der Waals surface area contributed by atoms with Crippen molar-refractivity contribution >= 4 is 0 Å². The summed E-state index contributed by atoms with van der Waals surface area (Å²) in [5.41, 5.74) is 1.89. The van der Waals surface area contributed by atoms with Gasteiger partial charge in [0, 0.05) is 0 Å². The third-order valence-corrected chi connectivity index (χ3v) is 3.89. The maximum atomic E-state index is 9.48. The minimum atomic E-state index is -0.456. The predicted octanol–water partition coefficient (Wildman–Crippen LogP) is 3.78. The molecule has 0 radical (unpaired) electrons. The molecule has 21 heavy (non-hydrogen) atoms. The Morgan fingerprint density at radius 3 is 1.38 bits per heavy atom. The van der Waals surface area contributed by atoms with Crippen LogP contribution in [0, 0.1) is 34.5 Å². The van der Waals surface area contributed by atoms with E-state index in [2.05, 4.69) is 12.1 Å². The molecule has 4 atom stereocenters. The lowest BCUT2D eigenvalue weighted by Gasteiger charge is -2.15. The summed E-state index contributed by atoms with van der Waals surface area (Å²) in [6.07, 6.45) is -0.711. The lowest BCUT2D eigenvalue weighted by atomic mass is 9.84. The van der Waals surface area contributed by atoms with E-state index >= 15 is 0 Å². The number of nitriles is 2. The van der Waals surface area contributed by atoms with Crippen molar-refractivity contribution in [3.8, 4) is 12.1 Å². The molecule has 0 amide bonds. The van der Waals surface area contributed by atoms with Crippen molar-refractivity contribution in [2.45, 2.75) is 12.2 Å². The first-order valence-corrected chi connectivity index (χ1v) is 6.89. The molecule has 0 N–H and O–H groups in total. The first-order chi connectivity index (χ1) is 10.3. The molecule has 0 saturated carbocycles. The fourth-order valence-corrected chi connectivity index (χ4v) is 2.86. The highest BCUT2D eigenvalue weighted by atomic mass is 16.5. The second-order valence-electron chi connectivity index (χ2n) is 5.11. The van der Waals surface area contributed by atoms with E-state index in [1.54, 1.807) is 0 Å². The summed E-state index contributed by atoms with van der Waals surface area (Å²) >= 11 is 0. The lowest BCUT2D eigenvalue weighted by Crippen LogP contribution is -2.13. The van der Waals surface area contributed by atoms with Crippen molar-refractivity contribution in [3.63, 3.8) is 0 Å². The standard InChI is InChI=1S/C18H14N2O/c19-11-15-16(12-20)18(14-9-5-2-6-10-14)21-17(15)13-7-3-1-4-8-13/h1-10,15-18H/t15-,16-,17-,18-/m0/s1. The molecule has 0 aliphatic carbocycles. The molecule has 102 valence electrons. The second kappa shape index (κ2) is 5.79. The third-order valence-electron chi connectivity index (χ3n) is 3.89. The summed E-state index contributed by atoms with van der Waals surface area (Å²) in [6.45, 7) is 0. The van der Waals surface area contributed by atoms with Crippen LogP contribution in [0.5, 0.6) is 0 Å². The number of ether oxygens (including phenoxy) is 1. The Balaban J connectivity index is 1.99. The zero-order valence-electron chi connectivity index (χ0n) is 11.4. The van der Waals surface area contributed by atoms with Crippen LogP contribution in [0.4, 0.5) is 0 Å². The van der Waals surface area contributed by atoms with Crippen molar-refractivity contribution in [2.24, 2.45) is 11.8 Å². The van der Waals surface area contributed by atoms with Gasteiger partial charge in [-0.2, -0.15) is 10.5 Å². The Morgan fingerprint density at radius 1 is 0.667 bits per heavy atom. The molecule has 1 aliphatic rings. The van der Waals surface area contributed by atoms with Gasteiger partial charge in [0.15, 0.2) is 0 Å². The average Bonchev–Trinajstić information content (AvgIpc) is 2.95. The topological polar surface area (TPSA) is 56.8 Å². The minimum absolute atomic E-state index is 0.356. The van der Waals surface area contributed by atoms with E-state index in [-0.39, 0.29) is 12.2 Å². The summed E-state index contributed by atoms with van der Waals surface area (Å²) in [6, 6.07) is 23.8. The molecule has 3 rings (SSSR count). The van der Waals surface area contributed by atoms with Crippen LogP contribution in [0.25, 0.3) is 0 Å². The van der Waals surface area contributed by atoms with E-state index < -0.39 is 11.8 Å². The van der Waals surface area contributed by atoms with Gasteiger partial charge >= 0.3 is 0 Å². The molecule has 0 bridgehead atoms. The monoisotopic (exact) mass is 274 g/mol. The molecule has 0 spiro atoms. The van der Waals surface area contributed by atoms with Crippen LogP contribution < -0.4 is 0 Å². The molecule has 2 aromatic carbocycles. The second-order valence-corrected chi connectivity index (χ2v) is 5.11. The van der Waals surface area contributed by atoms with Crippen molar-refractivity contribution in [2.75, 3.05) is 0 Å². The lowest BCUT2D eigenvalue weighted by molar-refractivity contribution is 0.0337. The number of hydrogen-bond donors (Lipinski definition) is 0. The zero-order valence-corrected chi connectivity index (χ0v) is 11.4. The maximum absolute atomic E-state index is 9.48. The Hall–Kier alpha value is -2.62. The van der Waals surface area contributed by atoms with Gasteiger partial charge in [-0.25, -0.2) is 0 Å². The third kappa shape index (κ3) is 2.40. The van der Waals surface area contributed by atoms with E-state index in [9.17, 15) is 10.5 Å². The summed E-state index contributed by atoms with van der Waals surface area (Å²) in [4.78, 5) is 0. The van der Waals surface area contributed by atoms with Crippen LogP contribution in [0.3, 0.4) is 0 Å². The van der Waals surface area contributed by atoms with Crippen LogP contribution >= 0.6 is 0 Å². The van der Waals surface area contributed by atoms with E-state index in [0.29, 0.717) is 0 Å². The van der Waals surface area contributed by atoms with Crippen LogP contribution in [0.1, 0.15) is 23.3 Å². The molecule has 3 nitrogen and oxygen atoms in total. The zero-order chi connectivity index (χ0) is 14.7. The van der Waals surface area contributed by atoms with Gasteiger partial charge in [-0.3, -0.25) is 0 Å². The van der Waals surface area contributed by atoms with Gasteiger partial charge in [0.1, 0.15) is 12.2 Å². The van der Waals surface area contributed by atoms with E-state index in [4.69, 9.17) is 4.74 Å². The molecule has 0 aromatic heterocycles. The highest BCUT2D eigenvalue weighted by Crippen LogP contribution is 2.48. The number of hydrogen-bond acceptors (Lipinski definition) is 3. The smallest absolute Gasteiger partial charge is 0.101 e. The van der Waals surface area contributed by atoms with Crippen LogP contribution in [-0.4, -0.2) is 0 Å². The van der Waals surface area contributed by atoms with E-state index in [0.717, 1.165) is 11.1 Å². The predicted molar refractivity (Wildman–Crippen MR) is 77.7 cm³/mol. The molecule has 1 aliphatic heterocycles. The molecule has 1 fully saturated rings. The Kier molecular flexibility index (Phi) is 3.69. The Labute approximate surface area is 124 Å². The first-order valence-electron chi connectivity index (χ1n) is 6.89. The van der Waals surface area contributed by atoms with Gasteiger partial charge in [-0.05, 0) is 11.1 Å². The normalized spacial score (nSPS) is 27.7. The molecule has 1 heterocycles. The number of benzene rings is 2. The molecule has 1 saturated heterocycles. The maximum Gasteiger partial charge on any atom is 0.101 e. The van der Waals surface area contributed by atoms with Gasteiger partial charge in [0.2, 0.25) is 0 Å². The van der Waals surface area contributed by atoms with Gasteiger partial charge in [-0.15, -0.1) is 0 Å². The summed E-state index contributed by atoms with van der Waals surface area (Å²) in [5.74, 6) is -0.912. The molecule has 2 aromatic rings. The van der Waals surface area contributed by atoms with Gasteiger partial charge in [0.25, 0.3) is 0 Å². The van der Waals surface area contributed by atoms with Crippen molar-refractivity contribution in [3.05, 3.63) is 71.8 Å². The van der Waals surface area contributed by atoms with Crippen molar-refractivity contribution in [1.29, 1.82) is 10.5 Å². The highest BCUT2D eigenvalue weighted by Gasteiger charge is 2.46. The van der Waals surface area contributed by atoms with Gasteiger partial charge in [-0.1, -0.05) is 60.7 Å². The van der Waals surface area contributed by atoms with Crippen LogP contribution in [0.2, 0.25) is 0 Å². The van der Waals surface area contributed by atoms with Crippen molar-refractivity contribution < 1.29 is 4.74 Å². The molecule has 0 unspecified atom stereocenters. The van der Waals surface area contributed by atoms with Crippen LogP contribution in [0.15, 0.2) is 60.7 Å². The van der Waals surface area contributed by atoms with Gasteiger partial charge in [0.05, 0.1) is 24.0 Å². The molecular weight excluding hydrogens is 260 g/mol. The average molecular weight is 274 g/mol. The number of nitrogens with zero attached hydrogens (tertiary/aromatic N) is 2. The van der Waals surface area contributed by atoms with Gasteiger partial charge < -0.3 is 4.74 Å². The van der Waals surface area contributed by atoms with E-state index in [1.165, 1.54) is 0 Å². The molecule has 3 heteroatoms. The number of rotatable bonds is 2. The Morgan fingerprint density at radius 2 is 1.05 bits per heavy atom. The van der Waals surface area contributed by atoms with Crippen LogP contribution in [-0.2, 0) is 4.74 Å². The first kappa shape index (κ1) is 13.4. The van der Waals surface area contributed by atoms with Crippen molar-refractivity contribution in [1.82, 2.24) is 0 Å². The SMILES string of the molecule is N#C[C@H]1[C@H](C#N)[C@H](c2ccccc2)O[C@H]1c1ccccc1. The quantitative estimate of drug-likeness (QED) is 0.837. The molecular formula is C18H14N2O. The summed E-state index contributed by atoms with van der Waals surface area (Å²) < 4.78 is 6.10. The fourth-order valence-electron chi connectivity index (χ4n) is 2.86. The van der Waals surface area contributed by atoms with E-state index in [1.807, 2.05) is 60.7 Å². The largest absolute Gasteiger partial charge is 0.363 e. The summed E-state index contributed by atoms with van der Waals surface area (Å²) in [7, 11) is 0.